The molecule has 4 nitrogen and oxygen atoms in total. The van der Waals surface area contributed by atoms with E-state index in [1.54, 1.807) is 0 Å². The Morgan fingerprint density at radius 2 is 2.10 bits per heavy atom. The number of hydrogen-bond donors (Lipinski definition) is 1. The van der Waals surface area contributed by atoms with E-state index < -0.39 is 0 Å². The average Bonchev–Trinajstić information content (AvgIpc) is 3.03. The lowest BCUT2D eigenvalue weighted by Gasteiger charge is -2.19. The summed E-state index contributed by atoms with van der Waals surface area (Å²) >= 11 is 6.01. The molecule has 0 atom stereocenters. The van der Waals surface area contributed by atoms with E-state index in [0.717, 1.165) is 42.2 Å². The van der Waals surface area contributed by atoms with Crippen LogP contribution in [0.25, 0.3) is 5.65 Å². The van der Waals surface area contributed by atoms with Gasteiger partial charge in [-0.25, -0.2) is 4.98 Å². The molecule has 3 aromatic rings. The highest BCUT2D eigenvalue weighted by Gasteiger charge is 2.22. The Morgan fingerprint density at radius 1 is 1.19 bits per heavy atom. The number of fused-ring (bicyclic) bond motifs is 2. The standard InChI is InChI=1S/C16H15ClN4/c17-12-4-5-15-19-13(10-21(15)8-12)9-20-7-6-11-2-1-3-14(18)16(11)20/h1-5,8,10H,6-7,9,18H2. The van der Waals surface area contributed by atoms with Crippen molar-refractivity contribution in [2.75, 3.05) is 17.2 Å². The molecule has 2 N–H and O–H groups in total. The molecule has 1 aromatic carbocycles. The Labute approximate surface area is 127 Å². The third-order valence-corrected chi connectivity index (χ3v) is 4.16. The largest absolute Gasteiger partial charge is 0.397 e. The van der Waals surface area contributed by atoms with Crippen molar-refractivity contribution in [3.05, 3.63) is 59.0 Å². The van der Waals surface area contributed by atoms with Crippen molar-refractivity contribution in [1.82, 2.24) is 9.38 Å². The highest BCUT2D eigenvalue weighted by atomic mass is 35.5. The Hall–Kier alpha value is -2.20. The number of nitrogen functional groups attached to an aromatic ring is 1. The van der Waals surface area contributed by atoms with Gasteiger partial charge in [-0.15, -0.1) is 0 Å². The zero-order chi connectivity index (χ0) is 14.4. The number of hydrogen-bond acceptors (Lipinski definition) is 3. The summed E-state index contributed by atoms with van der Waals surface area (Å²) in [7, 11) is 0. The molecule has 0 radical (unpaired) electrons. The average molecular weight is 299 g/mol. The Bertz CT molecular complexity index is 824. The van der Waals surface area contributed by atoms with Crippen LogP contribution in [0.1, 0.15) is 11.3 Å². The van der Waals surface area contributed by atoms with Crippen LogP contribution in [0.5, 0.6) is 0 Å². The van der Waals surface area contributed by atoms with Crippen LogP contribution in [-0.2, 0) is 13.0 Å². The zero-order valence-corrected chi connectivity index (χ0v) is 12.2. The topological polar surface area (TPSA) is 46.6 Å². The number of nitrogens with two attached hydrogens (primary N) is 1. The highest BCUT2D eigenvalue weighted by Crippen LogP contribution is 2.34. The van der Waals surface area contributed by atoms with Crippen molar-refractivity contribution in [3.63, 3.8) is 0 Å². The van der Waals surface area contributed by atoms with Crippen LogP contribution in [0.2, 0.25) is 5.02 Å². The van der Waals surface area contributed by atoms with Gasteiger partial charge in [0.1, 0.15) is 5.65 Å². The lowest BCUT2D eigenvalue weighted by atomic mass is 10.1. The van der Waals surface area contributed by atoms with E-state index in [4.69, 9.17) is 17.3 Å². The van der Waals surface area contributed by atoms with E-state index in [2.05, 4.69) is 16.0 Å². The maximum Gasteiger partial charge on any atom is 0.137 e. The van der Waals surface area contributed by atoms with Crippen LogP contribution < -0.4 is 10.6 Å². The first kappa shape index (κ1) is 12.5. The predicted molar refractivity (Wildman–Crippen MR) is 85.8 cm³/mol. The Kier molecular flexibility index (Phi) is 2.79. The number of benzene rings is 1. The second-order valence-electron chi connectivity index (χ2n) is 5.37. The normalized spacial score (nSPS) is 13.9. The van der Waals surface area contributed by atoms with E-state index in [-0.39, 0.29) is 0 Å². The van der Waals surface area contributed by atoms with Crippen molar-refractivity contribution in [3.8, 4) is 0 Å². The van der Waals surface area contributed by atoms with Crippen LogP contribution in [0.3, 0.4) is 0 Å². The minimum atomic E-state index is 0.710. The molecular weight excluding hydrogens is 284 g/mol. The molecule has 0 unspecified atom stereocenters. The summed E-state index contributed by atoms with van der Waals surface area (Å²) in [6.45, 7) is 1.75. The van der Waals surface area contributed by atoms with E-state index in [0.29, 0.717) is 5.02 Å². The molecule has 0 aliphatic carbocycles. The molecule has 1 aliphatic rings. The molecule has 2 aromatic heterocycles. The summed E-state index contributed by atoms with van der Waals surface area (Å²) in [6, 6.07) is 9.91. The number of anilines is 2. The molecule has 1 aliphatic heterocycles. The second-order valence-corrected chi connectivity index (χ2v) is 5.81. The van der Waals surface area contributed by atoms with Crippen molar-refractivity contribution >= 4 is 28.6 Å². The van der Waals surface area contributed by atoms with Crippen molar-refractivity contribution in [2.24, 2.45) is 0 Å². The van der Waals surface area contributed by atoms with Gasteiger partial charge in [0.15, 0.2) is 0 Å². The molecule has 0 spiro atoms. The summed E-state index contributed by atoms with van der Waals surface area (Å²) in [5.74, 6) is 0. The molecule has 3 heterocycles. The van der Waals surface area contributed by atoms with Crippen molar-refractivity contribution in [2.45, 2.75) is 13.0 Å². The number of nitrogens with zero attached hydrogens (tertiary/aromatic N) is 3. The maximum absolute atomic E-state index is 6.13. The molecule has 0 amide bonds. The minimum Gasteiger partial charge on any atom is -0.397 e. The smallest absolute Gasteiger partial charge is 0.137 e. The first-order valence-corrected chi connectivity index (χ1v) is 7.34. The first-order chi connectivity index (χ1) is 10.2. The van der Waals surface area contributed by atoms with Gasteiger partial charge in [0.2, 0.25) is 0 Å². The first-order valence-electron chi connectivity index (χ1n) is 6.96. The van der Waals surface area contributed by atoms with Gasteiger partial charge in [0.25, 0.3) is 0 Å². The van der Waals surface area contributed by atoms with Crippen LogP contribution in [0.4, 0.5) is 11.4 Å². The van der Waals surface area contributed by atoms with Gasteiger partial charge in [-0.05, 0) is 30.2 Å². The number of para-hydroxylation sites is 1. The minimum absolute atomic E-state index is 0.710. The lowest BCUT2D eigenvalue weighted by Crippen LogP contribution is -2.20. The second kappa shape index (κ2) is 4.67. The van der Waals surface area contributed by atoms with Gasteiger partial charge in [-0.1, -0.05) is 23.7 Å². The fraction of sp³-hybridized carbons (Fsp3) is 0.188. The number of aromatic nitrogens is 2. The highest BCUT2D eigenvalue weighted by molar-refractivity contribution is 6.30. The van der Waals surface area contributed by atoms with E-state index in [1.165, 1.54) is 5.56 Å². The Balaban J connectivity index is 1.67. The summed E-state index contributed by atoms with van der Waals surface area (Å²) in [5.41, 5.74) is 11.4. The lowest BCUT2D eigenvalue weighted by molar-refractivity contribution is 0.821. The van der Waals surface area contributed by atoms with Crippen molar-refractivity contribution in [1.29, 1.82) is 0 Å². The van der Waals surface area contributed by atoms with Crippen LogP contribution in [-0.4, -0.2) is 15.9 Å². The molecule has 4 rings (SSSR count). The van der Waals surface area contributed by atoms with Crippen LogP contribution >= 0.6 is 11.6 Å². The van der Waals surface area contributed by atoms with E-state index in [1.807, 2.05) is 41.1 Å². The monoisotopic (exact) mass is 298 g/mol. The number of rotatable bonds is 2. The van der Waals surface area contributed by atoms with Crippen LogP contribution in [0.15, 0.2) is 42.7 Å². The molecular formula is C16H15ClN4. The quantitative estimate of drug-likeness (QED) is 0.739. The van der Waals surface area contributed by atoms with Crippen LogP contribution in [0, 0.1) is 0 Å². The molecule has 5 heteroatoms. The third-order valence-electron chi connectivity index (χ3n) is 3.94. The van der Waals surface area contributed by atoms with Gasteiger partial charge in [0, 0.05) is 18.9 Å². The third kappa shape index (κ3) is 2.12. The van der Waals surface area contributed by atoms with Gasteiger partial charge >= 0.3 is 0 Å². The van der Waals surface area contributed by atoms with Crippen molar-refractivity contribution < 1.29 is 0 Å². The molecule has 0 fully saturated rings. The summed E-state index contributed by atoms with van der Waals surface area (Å²) in [5, 5.41) is 0.710. The van der Waals surface area contributed by atoms with Gasteiger partial charge in [0.05, 0.1) is 28.6 Å². The molecule has 21 heavy (non-hydrogen) atoms. The molecule has 106 valence electrons. The van der Waals surface area contributed by atoms with Gasteiger partial charge < -0.3 is 15.0 Å². The number of imidazole rings is 1. The fourth-order valence-corrected chi connectivity index (χ4v) is 3.18. The van der Waals surface area contributed by atoms with Gasteiger partial charge in [-0.3, -0.25) is 0 Å². The molecule has 0 saturated carbocycles. The fourth-order valence-electron chi connectivity index (χ4n) is 3.01. The molecule has 0 saturated heterocycles. The number of pyridine rings is 1. The summed E-state index contributed by atoms with van der Waals surface area (Å²) in [6.07, 6.45) is 4.94. The summed E-state index contributed by atoms with van der Waals surface area (Å²) < 4.78 is 1.96. The predicted octanol–water partition coefficient (Wildman–Crippen LogP) is 3.13. The molecule has 0 bridgehead atoms. The zero-order valence-electron chi connectivity index (χ0n) is 11.5. The Morgan fingerprint density at radius 3 is 3.00 bits per heavy atom. The number of halogens is 1. The maximum atomic E-state index is 6.13. The summed E-state index contributed by atoms with van der Waals surface area (Å²) in [4.78, 5) is 6.94. The van der Waals surface area contributed by atoms with Gasteiger partial charge in [-0.2, -0.15) is 0 Å². The SMILES string of the molecule is Nc1cccc2c1N(Cc1cn3cc(Cl)ccc3n1)CC2. The van der Waals surface area contributed by atoms with E-state index in [9.17, 15) is 0 Å². The van der Waals surface area contributed by atoms with E-state index >= 15 is 0 Å².